The topological polar surface area (TPSA) is 66.3 Å². The summed E-state index contributed by atoms with van der Waals surface area (Å²) in [6.45, 7) is 2.37. The highest BCUT2D eigenvalue weighted by Crippen LogP contribution is 1.98. The molecule has 0 aliphatic carbocycles. The Morgan fingerprint density at radius 3 is 2.86 bits per heavy atom. The number of hydrogen-bond donors (Lipinski definition) is 1. The third-order valence-electron chi connectivity index (χ3n) is 1.64. The van der Waals surface area contributed by atoms with Crippen LogP contribution in [0.3, 0.4) is 0 Å². The largest absolute Gasteiger partial charge is 0.480 e. The zero-order chi connectivity index (χ0) is 10.6. The van der Waals surface area contributed by atoms with E-state index in [0.717, 1.165) is 11.4 Å². The number of aromatic nitrogens is 2. The van der Waals surface area contributed by atoms with Crippen molar-refractivity contribution in [3.63, 3.8) is 0 Å². The summed E-state index contributed by atoms with van der Waals surface area (Å²) in [5, 5.41) is 8.54. The van der Waals surface area contributed by atoms with E-state index >= 15 is 0 Å². The zero-order valence-corrected chi connectivity index (χ0v) is 8.27. The summed E-state index contributed by atoms with van der Waals surface area (Å²) >= 11 is 0. The summed E-state index contributed by atoms with van der Waals surface area (Å²) in [5.74, 6) is -0.840. The second-order valence-corrected chi connectivity index (χ2v) is 3.22. The van der Waals surface area contributed by atoms with Crippen LogP contribution in [0, 0.1) is 6.92 Å². The molecule has 5 heteroatoms. The fraction of sp³-hybridized carbons (Fsp3) is 0.444. The molecule has 0 aliphatic rings. The van der Waals surface area contributed by atoms with Gasteiger partial charge in [-0.3, -0.25) is 19.7 Å². The Hall–Kier alpha value is -1.49. The van der Waals surface area contributed by atoms with Crippen LogP contribution in [0.5, 0.6) is 0 Å². The lowest BCUT2D eigenvalue weighted by atomic mass is 10.4. The van der Waals surface area contributed by atoms with Crippen molar-refractivity contribution in [2.24, 2.45) is 0 Å². The molecule has 1 rings (SSSR count). The maximum atomic E-state index is 10.4. The number of aliphatic carboxylic acids is 1. The lowest BCUT2D eigenvalue weighted by Gasteiger charge is -2.12. The lowest BCUT2D eigenvalue weighted by Crippen LogP contribution is -2.25. The van der Waals surface area contributed by atoms with E-state index in [1.165, 1.54) is 0 Å². The summed E-state index contributed by atoms with van der Waals surface area (Å²) in [4.78, 5) is 20.3. The molecule has 0 bridgehead atoms. The summed E-state index contributed by atoms with van der Waals surface area (Å²) in [6, 6.07) is 0. The predicted molar refractivity (Wildman–Crippen MR) is 50.7 cm³/mol. The van der Waals surface area contributed by atoms with Gasteiger partial charge in [0.15, 0.2) is 0 Å². The quantitative estimate of drug-likeness (QED) is 0.748. The van der Waals surface area contributed by atoms with Crippen LogP contribution in [0.15, 0.2) is 12.4 Å². The summed E-state index contributed by atoms with van der Waals surface area (Å²) < 4.78 is 0. The molecule has 76 valence electrons. The lowest BCUT2D eigenvalue weighted by molar-refractivity contribution is -0.138. The highest BCUT2D eigenvalue weighted by molar-refractivity contribution is 5.68. The summed E-state index contributed by atoms with van der Waals surface area (Å²) in [7, 11) is 1.73. The van der Waals surface area contributed by atoms with E-state index in [2.05, 4.69) is 9.97 Å². The third-order valence-corrected chi connectivity index (χ3v) is 1.64. The van der Waals surface area contributed by atoms with E-state index in [1.807, 2.05) is 6.92 Å². The zero-order valence-electron chi connectivity index (χ0n) is 8.27. The van der Waals surface area contributed by atoms with E-state index in [1.54, 1.807) is 24.3 Å². The van der Waals surface area contributed by atoms with E-state index in [4.69, 9.17) is 5.11 Å². The molecule has 0 fully saturated rings. The van der Waals surface area contributed by atoms with Crippen LogP contribution in [0.4, 0.5) is 0 Å². The molecule has 0 saturated heterocycles. The normalized spacial score (nSPS) is 10.5. The first kappa shape index (κ1) is 10.6. The summed E-state index contributed by atoms with van der Waals surface area (Å²) in [6.07, 6.45) is 3.31. The number of hydrogen-bond acceptors (Lipinski definition) is 4. The molecule has 14 heavy (non-hydrogen) atoms. The van der Waals surface area contributed by atoms with Crippen LogP contribution in [0.2, 0.25) is 0 Å². The van der Waals surface area contributed by atoms with Gasteiger partial charge in [0.1, 0.15) is 0 Å². The first-order valence-electron chi connectivity index (χ1n) is 4.26. The molecule has 0 spiro atoms. The minimum atomic E-state index is -0.840. The SMILES string of the molecule is Cc1cncc(CN(C)CC(=O)O)n1. The maximum absolute atomic E-state index is 10.4. The van der Waals surface area contributed by atoms with Gasteiger partial charge in [0.2, 0.25) is 0 Å². The molecule has 1 aromatic heterocycles. The Bertz CT molecular complexity index is 328. The molecular formula is C9H13N3O2. The smallest absolute Gasteiger partial charge is 0.317 e. The van der Waals surface area contributed by atoms with Gasteiger partial charge < -0.3 is 5.11 Å². The highest BCUT2D eigenvalue weighted by atomic mass is 16.4. The van der Waals surface area contributed by atoms with Crippen molar-refractivity contribution in [2.75, 3.05) is 13.6 Å². The third kappa shape index (κ3) is 3.49. The molecule has 0 aromatic carbocycles. The Balaban J connectivity index is 2.55. The molecule has 1 heterocycles. The van der Waals surface area contributed by atoms with E-state index < -0.39 is 5.97 Å². The van der Waals surface area contributed by atoms with Crippen molar-refractivity contribution in [1.29, 1.82) is 0 Å². The van der Waals surface area contributed by atoms with Gasteiger partial charge in [0, 0.05) is 18.9 Å². The fourth-order valence-electron chi connectivity index (χ4n) is 1.15. The Morgan fingerprint density at radius 1 is 1.57 bits per heavy atom. The van der Waals surface area contributed by atoms with Crippen molar-refractivity contribution in [2.45, 2.75) is 13.5 Å². The number of carbonyl (C=O) groups is 1. The molecule has 0 saturated carbocycles. The van der Waals surface area contributed by atoms with Crippen molar-refractivity contribution in [1.82, 2.24) is 14.9 Å². The average Bonchev–Trinajstić information content (AvgIpc) is 2.01. The molecule has 0 unspecified atom stereocenters. The number of carboxylic acids is 1. The van der Waals surface area contributed by atoms with Crippen LogP contribution < -0.4 is 0 Å². The minimum Gasteiger partial charge on any atom is -0.480 e. The monoisotopic (exact) mass is 195 g/mol. The standard InChI is InChI=1S/C9H13N3O2/c1-7-3-10-4-8(11-7)5-12(2)6-9(13)14/h3-4H,5-6H2,1-2H3,(H,13,14). The van der Waals surface area contributed by atoms with Crippen LogP contribution in [0.25, 0.3) is 0 Å². The Kier molecular flexibility index (Phi) is 3.53. The van der Waals surface area contributed by atoms with Gasteiger partial charge in [-0.1, -0.05) is 0 Å². The van der Waals surface area contributed by atoms with Crippen LogP contribution in [-0.2, 0) is 11.3 Å². The molecule has 0 amide bonds. The molecule has 5 nitrogen and oxygen atoms in total. The van der Waals surface area contributed by atoms with Gasteiger partial charge in [-0.05, 0) is 14.0 Å². The van der Waals surface area contributed by atoms with Gasteiger partial charge in [-0.15, -0.1) is 0 Å². The first-order valence-corrected chi connectivity index (χ1v) is 4.26. The number of carboxylic acid groups (broad SMARTS) is 1. The van der Waals surface area contributed by atoms with Crippen LogP contribution in [-0.4, -0.2) is 39.5 Å². The molecule has 1 N–H and O–H groups in total. The van der Waals surface area contributed by atoms with Crippen molar-refractivity contribution < 1.29 is 9.90 Å². The number of likely N-dealkylation sites (N-methyl/N-ethyl adjacent to an activating group) is 1. The van der Waals surface area contributed by atoms with E-state index in [9.17, 15) is 4.79 Å². The second-order valence-electron chi connectivity index (χ2n) is 3.22. The van der Waals surface area contributed by atoms with Crippen LogP contribution >= 0.6 is 0 Å². The van der Waals surface area contributed by atoms with Gasteiger partial charge in [0.05, 0.1) is 17.9 Å². The van der Waals surface area contributed by atoms with Crippen molar-refractivity contribution in [3.8, 4) is 0 Å². The first-order chi connectivity index (χ1) is 6.58. The van der Waals surface area contributed by atoms with Gasteiger partial charge in [0.25, 0.3) is 0 Å². The fourth-order valence-corrected chi connectivity index (χ4v) is 1.15. The summed E-state index contributed by atoms with van der Waals surface area (Å²) in [5.41, 5.74) is 1.62. The molecule has 1 aromatic rings. The van der Waals surface area contributed by atoms with E-state index in [0.29, 0.717) is 6.54 Å². The van der Waals surface area contributed by atoms with Crippen LogP contribution in [0.1, 0.15) is 11.4 Å². The molecular weight excluding hydrogens is 182 g/mol. The Morgan fingerprint density at radius 2 is 2.29 bits per heavy atom. The predicted octanol–water partition coefficient (Wildman–Crippen LogP) is 0.301. The van der Waals surface area contributed by atoms with Crippen molar-refractivity contribution in [3.05, 3.63) is 23.8 Å². The number of rotatable bonds is 4. The van der Waals surface area contributed by atoms with Gasteiger partial charge in [-0.2, -0.15) is 0 Å². The molecule has 0 radical (unpaired) electrons. The number of nitrogens with zero attached hydrogens (tertiary/aromatic N) is 3. The second kappa shape index (κ2) is 4.66. The number of aryl methyl sites for hydroxylation is 1. The highest BCUT2D eigenvalue weighted by Gasteiger charge is 2.05. The average molecular weight is 195 g/mol. The van der Waals surface area contributed by atoms with Gasteiger partial charge >= 0.3 is 5.97 Å². The minimum absolute atomic E-state index is 0.00955. The van der Waals surface area contributed by atoms with E-state index in [-0.39, 0.29) is 6.54 Å². The maximum Gasteiger partial charge on any atom is 0.317 e. The van der Waals surface area contributed by atoms with Gasteiger partial charge in [-0.25, -0.2) is 0 Å². The molecule has 0 aliphatic heterocycles. The Labute approximate surface area is 82.4 Å². The molecule has 0 atom stereocenters. The van der Waals surface area contributed by atoms with Crippen molar-refractivity contribution >= 4 is 5.97 Å².